The highest BCUT2D eigenvalue weighted by Gasteiger charge is 2.12. The van der Waals surface area contributed by atoms with Crippen LogP contribution < -0.4 is 10.1 Å². The molecular weight excluding hydrogens is 323 g/mol. The summed E-state index contributed by atoms with van der Waals surface area (Å²) < 4.78 is 24.5. The van der Waals surface area contributed by atoms with E-state index in [9.17, 15) is 9.18 Å². The number of nitrogens with zero attached hydrogens (tertiary/aromatic N) is 1. The summed E-state index contributed by atoms with van der Waals surface area (Å²) in [6.07, 6.45) is 0. The summed E-state index contributed by atoms with van der Waals surface area (Å²) in [4.78, 5) is 12.3. The normalized spacial score (nSPS) is 10.5. The minimum atomic E-state index is -0.485. The lowest BCUT2D eigenvalue weighted by molar-refractivity contribution is 0.102. The predicted molar refractivity (Wildman–Crippen MR) is 91.1 cm³/mol. The molecule has 0 aliphatic heterocycles. The van der Waals surface area contributed by atoms with Crippen molar-refractivity contribution >= 4 is 11.6 Å². The fraction of sp³-hybridized carbons (Fsp3) is 0.158. The Kier molecular flexibility index (Phi) is 4.79. The molecule has 0 unspecified atom stereocenters. The van der Waals surface area contributed by atoms with Crippen LogP contribution in [0.2, 0.25) is 0 Å². The number of anilines is 1. The van der Waals surface area contributed by atoms with E-state index in [0.29, 0.717) is 23.7 Å². The average Bonchev–Trinajstić information content (AvgIpc) is 2.93. The van der Waals surface area contributed by atoms with E-state index in [4.69, 9.17) is 9.26 Å². The van der Waals surface area contributed by atoms with Crippen molar-refractivity contribution in [3.8, 4) is 5.75 Å². The molecule has 1 aromatic heterocycles. The highest BCUT2D eigenvalue weighted by Crippen LogP contribution is 2.20. The third-order valence-electron chi connectivity index (χ3n) is 3.78. The second kappa shape index (κ2) is 7.17. The lowest BCUT2D eigenvalue weighted by Crippen LogP contribution is -2.13. The maximum atomic E-state index is 13.6. The molecule has 0 saturated heterocycles. The molecule has 1 amide bonds. The number of ether oxygens (including phenoxy) is 1. The minimum absolute atomic E-state index is 0.134. The van der Waals surface area contributed by atoms with Crippen molar-refractivity contribution in [1.82, 2.24) is 5.16 Å². The van der Waals surface area contributed by atoms with Crippen molar-refractivity contribution in [2.24, 2.45) is 0 Å². The smallest absolute Gasteiger partial charge is 0.255 e. The fourth-order valence-electron chi connectivity index (χ4n) is 2.35. The zero-order chi connectivity index (χ0) is 17.8. The number of aromatic nitrogens is 1. The topological polar surface area (TPSA) is 64.4 Å². The first-order chi connectivity index (χ1) is 12.0. The van der Waals surface area contributed by atoms with Crippen molar-refractivity contribution in [2.45, 2.75) is 20.5 Å². The number of rotatable bonds is 5. The van der Waals surface area contributed by atoms with Gasteiger partial charge in [-0.25, -0.2) is 4.39 Å². The van der Waals surface area contributed by atoms with Crippen LogP contribution in [0.3, 0.4) is 0 Å². The van der Waals surface area contributed by atoms with E-state index >= 15 is 0 Å². The molecule has 3 rings (SSSR count). The van der Waals surface area contributed by atoms with Crippen LogP contribution in [0.5, 0.6) is 5.75 Å². The van der Waals surface area contributed by atoms with E-state index in [-0.39, 0.29) is 5.69 Å². The van der Waals surface area contributed by atoms with Crippen LogP contribution in [0.1, 0.15) is 27.4 Å². The number of para-hydroxylation sites is 1. The first kappa shape index (κ1) is 16.7. The molecule has 0 bridgehead atoms. The van der Waals surface area contributed by atoms with Crippen LogP contribution in [0.4, 0.5) is 10.1 Å². The summed E-state index contributed by atoms with van der Waals surface area (Å²) in [5, 5.41) is 6.42. The summed E-state index contributed by atoms with van der Waals surface area (Å²) in [5.74, 6) is 0.335. The zero-order valence-corrected chi connectivity index (χ0v) is 13.9. The predicted octanol–water partition coefficient (Wildman–Crippen LogP) is 4.26. The zero-order valence-electron chi connectivity index (χ0n) is 13.9. The molecule has 1 N–H and O–H groups in total. The molecule has 3 aromatic rings. The van der Waals surface area contributed by atoms with Gasteiger partial charge in [0.05, 0.1) is 16.9 Å². The van der Waals surface area contributed by atoms with Crippen LogP contribution in [-0.2, 0) is 6.61 Å². The van der Waals surface area contributed by atoms with E-state index in [1.807, 2.05) is 13.8 Å². The number of hydrogen-bond donors (Lipinski definition) is 1. The molecule has 0 aliphatic carbocycles. The molecule has 0 atom stereocenters. The van der Waals surface area contributed by atoms with Crippen molar-refractivity contribution < 1.29 is 18.4 Å². The number of benzene rings is 2. The third kappa shape index (κ3) is 3.85. The number of halogens is 1. The van der Waals surface area contributed by atoms with E-state index in [2.05, 4.69) is 10.5 Å². The standard InChI is InChI=1S/C19H17FN2O3/c1-12-16(13(2)25-22-12)11-24-15-7-5-6-14(10-15)19(23)21-18-9-4-3-8-17(18)20/h3-10H,11H2,1-2H3,(H,21,23). The van der Waals surface area contributed by atoms with Crippen molar-refractivity contribution in [2.75, 3.05) is 5.32 Å². The third-order valence-corrected chi connectivity index (χ3v) is 3.78. The molecular formula is C19H17FN2O3. The number of carbonyl (C=O) groups excluding carboxylic acids is 1. The van der Waals surface area contributed by atoms with Gasteiger partial charge in [-0.1, -0.05) is 23.4 Å². The van der Waals surface area contributed by atoms with Gasteiger partial charge in [-0.05, 0) is 44.2 Å². The Bertz CT molecular complexity index is 886. The van der Waals surface area contributed by atoms with Gasteiger partial charge in [0.15, 0.2) is 0 Å². The fourth-order valence-corrected chi connectivity index (χ4v) is 2.35. The van der Waals surface area contributed by atoms with E-state index in [0.717, 1.165) is 11.3 Å². The first-order valence-corrected chi connectivity index (χ1v) is 7.75. The minimum Gasteiger partial charge on any atom is -0.489 e. The Balaban J connectivity index is 1.71. The number of hydrogen-bond acceptors (Lipinski definition) is 4. The molecule has 1 heterocycles. The quantitative estimate of drug-likeness (QED) is 0.754. The van der Waals surface area contributed by atoms with Crippen molar-refractivity contribution in [1.29, 1.82) is 0 Å². The van der Waals surface area contributed by atoms with E-state index in [1.165, 1.54) is 12.1 Å². The molecule has 2 aromatic carbocycles. The van der Waals surface area contributed by atoms with Crippen LogP contribution in [0, 0.1) is 19.7 Å². The number of aryl methyl sites for hydroxylation is 2. The SMILES string of the molecule is Cc1noc(C)c1COc1cccc(C(=O)Nc2ccccc2F)c1. The van der Waals surface area contributed by atoms with Gasteiger partial charge in [-0.3, -0.25) is 4.79 Å². The Labute approximate surface area is 144 Å². The summed E-state index contributed by atoms with van der Waals surface area (Å²) in [7, 11) is 0. The summed E-state index contributed by atoms with van der Waals surface area (Å²) >= 11 is 0. The van der Waals surface area contributed by atoms with Gasteiger partial charge in [-0.15, -0.1) is 0 Å². The molecule has 0 saturated carbocycles. The molecule has 0 radical (unpaired) electrons. The van der Waals surface area contributed by atoms with E-state index < -0.39 is 11.7 Å². The highest BCUT2D eigenvalue weighted by atomic mass is 19.1. The van der Waals surface area contributed by atoms with Crippen LogP contribution in [-0.4, -0.2) is 11.1 Å². The maximum absolute atomic E-state index is 13.6. The maximum Gasteiger partial charge on any atom is 0.255 e. The van der Waals surface area contributed by atoms with Gasteiger partial charge in [0.1, 0.15) is 23.9 Å². The molecule has 6 heteroatoms. The van der Waals surface area contributed by atoms with Gasteiger partial charge in [0.2, 0.25) is 0 Å². The van der Waals surface area contributed by atoms with E-state index in [1.54, 1.807) is 36.4 Å². The number of nitrogens with one attached hydrogen (secondary N) is 1. The Hall–Kier alpha value is -3.15. The Morgan fingerprint density at radius 3 is 2.72 bits per heavy atom. The molecule has 0 fully saturated rings. The molecule has 0 aliphatic rings. The van der Waals surface area contributed by atoms with Crippen molar-refractivity contribution in [3.63, 3.8) is 0 Å². The van der Waals surface area contributed by atoms with Gasteiger partial charge in [-0.2, -0.15) is 0 Å². The summed E-state index contributed by atoms with van der Waals surface area (Å²) in [6, 6.07) is 12.7. The lowest BCUT2D eigenvalue weighted by atomic mass is 10.2. The lowest BCUT2D eigenvalue weighted by Gasteiger charge is -2.09. The van der Waals surface area contributed by atoms with Crippen LogP contribution in [0.15, 0.2) is 53.1 Å². The van der Waals surface area contributed by atoms with Crippen LogP contribution >= 0.6 is 0 Å². The van der Waals surface area contributed by atoms with Gasteiger partial charge >= 0.3 is 0 Å². The molecule has 25 heavy (non-hydrogen) atoms. The van der Waals surface area contributed by atoms with Gasteiger partial charge < -0.3 is 14.6 Å². The summed E-state index contributed by atoms with van der Waals surface area (Å²) in [5.41, 5.74) is 2.15. The first-order valence-electron chi connectivity index (χ1n) is 7.75. The van der Waals surface area contributed by atoms with Gasteiger partial charge in [0, 0.05) is 5.56 Å². The van der Waals surface area contributed by atoms with Gasteiger partial charge in [0.25, 0.3) is 5.91 Å². The average molecular weight is 340 g/mol. The number of amides is 1. The number of carbonyl (C=O) groups is 1. The largest absolute Gasteiger partial charge is 0.489 e. The second-order valence-corrected chi connectivity index (χ2v) is 5.55. The summed E-state index contributed by atoms with van der Waals surface area (Å²) in [6.45, 7) is 3.95. The molecule has 0 spiro atoms. The van der Waals surface area contributed by atoms with Crippen molar-refractivity contribution in [3.05, 3.63) is 76.9 Å². The highest BCUT2D eigenvalue weighted by molar-refractivity contribution is 6.04. The molecule has 5 nitrogen and oxygen atoms in total. The molecule has 128 valence electrons. The monoisotopic (exact) mass is 340 g/mol. The van der Waals surface area contributed by atoms with Crippen LogP contribution in [0.25, 0.3) is 0 Å². The Morgan fingerprint density at radius 1 is 1.20 bits per heavy atom. The Morgan fingerprint density at radius 2 is 2.00 bits per heavy atom. The second-order valence-electron chi connectivity index (χ2n) is 5.55.